The van der Waals surface area contributed by atoms with Crippen LogP contribution in [0.4, 0.5) is 0 Å². The van der Waals surface area contributed by atoms with Gasteiger partial charge in [0.05, 0.1) is 26.8 Å². The Morgan fingerprint density at radius 3 is 2.71 bits per heavy atom. The maximum atomic E-state index is 13.5. The lowest BCUT2D eigenvalue weighted by molar-refractivity contribution is -0.137. The zero-order valence-electron chi connectivity index (χ0n) is 25.7. The number of amides is 3. The zero-order valence-corrected chi connectivity index (χ0v) is 25.7. The van der Waals surface area contributed by atoms with E-state index < -0.39 is 11.9 Å². The van der Waals surface area contributed by atoms with E-state index in [1.54, 1.807) is 37.0 Å². The van der Waals surface area contributed by atoms with Crippen molar-refractivity contribution in [3.63, 3.8) is 0 Å². The van der Waals surface area contributed by atoms with Gasteiger partial charge in [0.15, 0.2) is 11.5 Å². The van der Waals surface area contributed by atoms with Gasteiger partial charge in [-0.3, -0.25) is 19.1 Å². The summed E-state index contributed by atoms with van der Waals surface area (Å²) in [5.41, 5.74) is 3.05. The molecule has 2 N–H and O–H groups in total. The first kappa shape index (κ1) is 31.3. The minimum Gasteiger partial charge on any atom is -0.493 e. The van der Waals surface area contributed by atoms with E-state index in [4.69, 9.17) is 13.9 Å². The predicted molar refractivity (Wildman–Crippen MR) is 165 cm³/mol. The number of hydrogen-bond donors (Lipinski definition) is 2. The molecular formula is C33H38N6O6. The molecule has 0 spiro atoms. The summed E-state index contributed by atoms with van der Waals surface area (Å²) in [5, 5.41) is 9.94. The highest BCUT2D eigenvalue weighted by Gasteiger charge is 2.25. The Kier molecular flexibility index (Phi) is 10.1. The summed E-state index contributed by atoms with van der Waals surface area (Å²) in [5.74, 6) is 0.991. The topological polar surface area (TPSA) is 141 Å². The van der Waals surface area contributed by atoms with Crippen LogP contribution in [0.25, 0.3) is 11.5 Å². The lowest BCUT2D eigenvalue weighted by Gasteiger charge is -2.25. The Morgan fingerprint density at radius 1 is 1.13 bits per heavy atom. The SMILES string of the molecule is COc1ccc2cc1OCCCN(C(=O)CCc1ccnn1C)CC(=O)N[C@H](Cc1ccccc1)C(=O)NCc1nc-2oc1C. The van der Waals surface area contributed by atoms with E-state index in [9.17, 15) is 14.4 Å². The normalized spacial score (nSPS) is 16.2. The number of aryl methyl sites for hydroxylation is 3. The number of nitrogens with one attached hydrogen (secondary N) is 2. The van der Waals surface area contributed by atoms with Crippen molar-refractivity contribution in [2.75, 3.05) is 26.8 Å². The molecule has 1 atom stereocenters. The Morgan fingerprint density at radius 2 is 1.96 bits per heavy atom. The molecule has 2 aromatic carbocycles. The number of carbonyl (C=O) groups excluding carboxylic acids is 3. The van der Waals surface area contributed by atoms with Crippen LogP contribution in [0.3, 0.4) is 0 Å². The van der Waals surface area contributed by atoms with E-state index in [0.717, 1.165) is 11.3 Å². The Bertz CT molecular complexity index is 1630. The number of aromatic nitrogens is 3. The van der Waals surface area contributed by atoms with Gasteiger partial charge in [-0.25, -0.2) is 4.98 Å². The molecule has 0 saturated carbocycles. The van der Waals surface area contributed by atoms with Crippen molar-refractivity contribution in [3.05, 3.63) is 83.5 Å². The molecule has 0 aliphatic carbocycles. The second kappa shape index (κ2) is 14.6. The van der Waals surface area contributed by atoms with Crippen molar-refractivity contribution in [1.29, 1.82) is 0 Å². The third kappa shape index (κ3) is 8.08. The van der Waals surface area contributed by atoms with Gasteiger partial charge in [-0.05, 0) is 49.6 Å². The maximum Gasteiger partial charge on any atom is 0.243 e. The number of carbonyl (C=O) groups is 3. The van der Waals surface area contributed by atoms with E-state index in [1.807, 2.05) is 49.5 Å². The van der Waals surface area contributed by atoms with Crippen LogP contribution in [0.15, 0.2) is 65.2 Å². The van der Waals surface area contributed by atoms with Crippen LogP contribution < -0.4 is 20.1 Å². The van der Waals surface area contributed by atoms with Crippen LogP contribution >= 0.6 is 0 Å². The van der Waals surface area contributed by atoms with Crippen molar-refractivity contribution < 1.29 is 28.3 Å². The number of benzene rings is 2. The highest BCUT2D eigenvalue weighted by atomic mass is 16.5. The Balaban J connectivity index is 1.41. The van der Waals surface area contributed by atoms with E-state index in [-0.39, 0.29) is 50.9 Å². The third-order valence-corrected chi connectivity index (χ3v) is 7.70. The molecule has 5 rings (SSSR count). The van der Waals surface area contributed by atoms with Gasteiger partial charge in [0, 0.05) is 43.9 Å². The van der Waals surface area contributed by atoms with E-state index in [1.165, 1.54) is 4.90 Å². The third-order valence-electron chi connectivity index (χ3n) is 7.70. The van der Waals surface area contributed by atoms with Crippen molar-refractivity contribution in [1.82, 2.24) is 30.3 Å². The van der Waals surface area contributed by atoms with Crippen LogP contribution in [-0.4, -0.2) is 70.2 Å². The van der Waals surface area contributed by atoms with Crippen molar-refractivity contribution in [2.24, 2.45) is 7.05 Å². The molecule has 45 heavy (non-hydrogen) atoms. The number of oxazole rings is 1. The van der Waals surface area contributed by atoms with Gasteiger partial charge in [0.2, 0.25) is 23.6 Å². The predicted octanol–water partition coefficient (Wildman–Crippen LogP) is 2.98. The second-order valence-electron chi connectivity index (χ2n) is 10.9. The average molecular weight is 615 g/mol. The van der Waals surface area contributed by atoms with Crippen LogP contribution in [-0.2, 0) is 40.8 Å². The molecule has 3 heterocycles. The highest BCUT2D eigenvalue weighted by Crippen LogP contribution is 2.33. The van der Waals surface area contributed by atoms with Crippen LogP contribution in [0.1, 0.15) is 35.6 Å². The molecule has 1 aliphatic rings. The fourth-order valence-electron chi connectivity index (χ4n) is 5.17. The molecule has 12 heteroatoms. The minimum atomic E-state index is -0.871. The maximum absolute atomic E-state index is 13.5. The lowest BCUT2D eigenvalue weighted by atomic mass is 10.0. The van der Waals surface area contributed by atoms with Gasteiger partial charge in [0.1, 0.15) is 17.5 Å². The molecule has 4 bridgehead atoms. The fraction of sp³-hybridized carbons (Fsp3) is 0.364. The standard InChI is InChI=1S/C33H38N6O6/c1-22-27-20-34-32(42)26(18-23-8-5-4-6-9-23)36-30(40)21-39(31(41)13-11-25-14-15-35-38(25)2)16-7-17-44-29-19-24(33(37-27)45-22)10-12-28(29)43-3/h4-6,8-10,12,14-15,19,26H,7,11,13,16-18,20-21H2,1-3H3,(H,34,42)(H,36,40)/t26-/m1/s1. The molecule has 0 fully saturated rings. The number of fused-ring (bicyclic) bond motifs is 5. The van der Waals surface area contributed by atoms with Crippen molar-refractivity contribution >= 4 is 17.7 Å². The van der Waals surface area contributed by atoms with E-state index in [2.05, 4.69) is 20.7 Å². The molecule has 12 nitrogen and oxygen atoms in total. The Hall–Kier alpha value is -5.13. The van der Waals surface area contributed by atoms with E-state index >= 15 is 0 Å². The fourth-order valence-corrected chi connectivity index (χ4v) is 5.17. The quantitative estimate of drug-likeness (QED) is 0.338. The highest BCUT2D eigenvalue weighted by molar-refractivity contribution is 5.90. The largest absolute Gasteiger partial charge is 0.493 e. The minimum absolute atomic E-state index is 0.105. The van der Waals surface area contributed by atoms with Gasteiger partial charge >= 0.3 is 0 Å². The Labute approximate surface area is 261 Å². The monoisotopic (exact) mass is 614 g/mol. The summed E-state index contributed by atoms with van der Waals surface area (Å²) in [6.07, 6.45) is 3.10. The van der Waals surface area contributed by atoms with Crippen LogP contribution in [0.2, 0.25) is 0 Å². The lowest BCUT2D eigenvalue weighted by Crippen LogP contribution is -2.51. The van der Waals surface area contributed by atoms with Crippen molar-refractivity contribution in [2.45, 2.75) is 45.2 Å². The van der Waals surface area contributed by atoms with Crippen molar-refractivity contribution in [3.8, 4) is 23.0 Å². The molecule has 236 valence electrons. The van der Waals surface area contributed by atoms with Gasteiger partial charge in [-0.1, -0.05) is 30.3 Å². The van der Waals surface area contributed by atoms with Gasteiger partial charge in [-0.2, -0.15) is 5.10 Å². The van der Waals surface area contributed by atoms with Crippen LogP contribution in [0.5, 0.6) is 11.5 Å². The smallest absolute Gasteiger partial charge is 0.243 e. The summed E-state index contributed by atoms with van der Waals surface area (Å²) in [4.78, 5) is 46.4. The molecule has 0 radical (unpaired) electrons. The van der Waals surface area contributed by atoms with Crippen LogP contribution in [0, 0.1) is 6.92 Å². The summed E-state index contributed by atoms with van der Waals surface area (Å²) in [6.45, 7) is 2.23. The molecular weight excluding hydrogens is 576 g/mol. The summed E-state index contributed by atoms with van der Waals surface area (Å²) >= 11 is 0. The van der Waals surface area contributed by atoms with Gasteiger partial charge < -0.3 is 29.4 Å². The first-order chi connectivity index (χ1) is 21.8. The number of rotatable bonds is 6. The van der Waals surface area contributed by atoms with E-state index in [0.29, 0.717) is 47.2 Å². The molecule has 0 saturated heterocycles. The average Bonchev–Trinajstić information content (AvgIpc) is 3.63. The summed E-state index contributed by atoms with van der Waals surface area (Å²) < 4.78 is 19.2. The first-order valence-electron chi connectivity index (χ1n) is 14.9. The van der Waals surface area contributed by atoms with Gasteiger partial charge in [0.25, 0.3) is 0 Å². The molecule has 2 aromatic heterocycles. The molecule has 1 aliphatic heterocycles. The number of methoxy groups -OCH3 is 1. The second-order valence-corrected chi connectivity index (χ2v) is 10.9. The summed E-state index contributed by atoms with van der Waals surface area (Å²) in [7, 11) is 3.38. The summed E-state index contributed by atoms with van der Waals surface area (Å²) in [6, 6.07) is 15.8. The molecule has 4 aromatic rings. The number of ether oxygens (including phenoxy) is 2. The van der Waals surface area contributed by atoms with Gasteiger partial charge in [-0.15, -0.1) is 0 Å². The first-order valence-corrected chi connectivity index (χ1v) is 14.9. The number of nitrogens with zero attached hydrogens (tertiary/aromatic N) is 4. The number of hydrogen-bond acceptors (Lipinski definition) is 8. The molecule has 3 amide bonds. The zero-order chi connectivity index (χ0) is 31.8. The molecule has 0 unspecified atom stereocenters.